The molecule has 0 aliphatic rings. The lowest BCUT2D eigenvalue weighted by molar-refractivity contribution is 0.458. The van der Waals surface area contributed by atoms with E-state index in [0.717, 1.165) is 40.7 Å². The zero-order chi connectivity index (χ0) is 24.9. The van der Waals surface area contributed by atoms with E-state index in [0.29, 0.717) is 11.1 Å². The molecule has 0 fully saturated rings. The molecule has 4 rings (SSSR count). The summed E-state index contributed by atoms with van der Waals surface area (Å²) in [5, 5.41) is 41.3. The second kappa shape index (κ2) is 10.4. The molecule has 4 aromatic rings. The van der Waals surface area contributed by atoms with Gasteiger partial charge in [0.15, 0.2) is 0 Å². The lowest BCUT2D eigenvalue weighted by Gasteiger charge is -2.23. The molecule has 0 spiro atoms. The highest BCUT2D eigenvalue weighted by molar-refractivity contribution is 5.70. The maximum atomic E-state index is 11.0. The van der Waals surface area contributed by atoms with E-state index in [2.05, 4.69) is 13.0 Å². The van der Waals surface area contributed by atoms with Gasteiger partial charge in [-0.2, -0.15) is 0 Å². The highest BCUT2D eigenvalue weighted by Crippen LogP contribution is 2.43. The van der Waals surface area contributed by atoms with Crippen molar-refractivity contribution in [2.24, 2.45) is 0 Å². The van der Waals surface area contributed by atoms with E-state index < -0.39 is 0 Å². The molecule has 0 unspecified atom stereocenters. The normalized spacial score (nSPS) is 11.7. The van der Waals surface area contributed by atoms with Crippen LogP contribution in [0.15, 0.2) is 96.6 Å². The van der Waals surface area contributed by atoms with E-state index in [1.54, 1.807) is 36.4 Å². The molecular formula is C31H30O4. The minimum Gasteiger partial charge on any atom is -0.508 e. The van der Waals surface area contributed by atoms with E-state index in [-0.39, 0.29) is 28.9 Å². The lowest BCUT2D eigenvalue weighted by Crippen LogP contribution is -2.05. The zero-order valence-electron chi connectivity index (χ0n) is 19.9. The molecule has 35 heavy (non-hydrogen) atoms. The fourth-order valence-corrected chi connectivity index (χ4v) is 4.39. The molecular weight excluding hydrogens is 436 g/mol. The van der Waals surface area contributed by atoms with Gasteiger partial charge in [0.05, 0.1) is 0 Å². The summed E-state index contributed by atoms with van der Waals surface area (Å²) in [5.41, 5.74) is 6.06. The molecule has 0 saturated carbocycles. The molecule has 0 bridgehead atoms. The topological polar surface area (TPSA) is 80.9 Å². The lowest BCUT2D eigenvalue weighted by atomic mass is 9.82. The summed E-state index contributed by atoms with van der Waals surface area (Å²) >= 11 is 0. The van der Waals surface area contributed by atoms with Crippen LogP contribution in [0.5, 0.6) is 23.0 Å². The van der Waals surface area contributed by atoms with Gasteiger partial charge in [-0.05, 0) is 84.1 Å². The number of hydrogen-bond donors (Lipinski definition) is 4. The van der Waals surface area contributed by atoms with Crippen LogP contribution in [-0.4, -0.2) is 20.4 Å². The average molecular weight is 467 g/mol. The van der Waals surface area contributed by atoms with Crippen molar-refractivity contribution < 1.29 is 20.4 Å². The Hall–Kier alpha value is -4.18. The Balaban J connectivity index is 1.88. The summed E-state index contributed by atoms with van der Waals surface area (Å²) in [6.07, 6.45) is 4.03. The molecule has 178 valence electrons. The molecule has 0 radical (unpaired) electrons. The largest absolute Gasteiger partial charge is 0.508 e. The number of phenolic OH excluding ortho intramolecular Hbond substituents is 4. The van der Waals surface area contributed by atoms with Crippen LogP contribution in [0.4, 0.5) is 0 Å². The Bertz CT molecular complexity index is 1240. The molecule has 4 nitrogen and oxygen atoms in total. The van der Waals surface area contributed by atoms with Gasteiger partial charge >= 0.3 is 0 Å². The van der Waals surface area contributed by atoms with Gasteiger partial charge in [-0.3, -0.25) is 0 Å². The average Bonchev–Trinajstić information content (AvgIpc) is 2.86. The van der Waals surface area contributed by atoms with E-state index in [9.17, 15) is 20.4 Å². The smallest absolute Gasteiger partial charge is 0.119 e. The van der Waals surface area contributed by atoms with Gasteiger partial charge in [0, 0.05) is 17.0 Å². The molecule has 0 amide bonds. The van der Waals surface area contributed by atoms with Gasteiger partial charge < -0.3 is 20.4 Å². The number of hydrogen-bond acceptors (Lipinski definition) is 4. The number of rotatable bonds is 7. The Kier molecular flexibility index (Phi) is 7.11. The standard InChI is InChI=1S/C31H30O4/c1-3-4-5-20(2)31(27-18-23(10-16-29(27)34)21-6-12-25(32)13-7-21)28-19-24(11-17-30(28)35)22-8-14-26(33)15-9-22/h5-19,31-35H,3-4H2,1-2H3/b20-5+. The van der Waals surface area contributed by atoms with E-state index in [4.69, 9.17) is 0 Å². The van der Waals surface area contributed by atoms with Gasteiger partial charge in [0.25, 0.3) is 0 Å². The fourth-order valence-electron chi connectivity index (χ4n) is 4.39. The highest BCUT2D eigenvalue weighted by atomic mass is 16.3. The summed E-state index contributed by atoms with van der Waals surface area (Å²) in [6, 6.07) is 24.8. The van der Waals surface area contributed by atoms with Crippen LogP contribution in [0.25, 0.3) is 22.3 Å². The first-order valence-corrected chi connectivity index (χ1v) is 11.8. The molecule has 0 aromatic heterocycles. The van der Waals surface area contributed by atoms with Crippen molar-refractivity contribution in [3.63, 3.8) is 0 Å². The summed E-state index contributed by atoms with van der Waals surface area (Å²) in [4.78, 5) is 0. The minimum atomic E-state index is -0.365. The van der Waals surface area contributed by atoms with Crippen molar-refractivity contribution in [1.29, 1.82) is 0 Å². The number of benzene rings is 4. The van der Waals surface area contributed by atoms with Crippen molar-refractivity contribution in [2.75, 3.05) is 0 Å². The van der Waals surface area contributed by atoms with Gasteiger partial charge in [0.1, 0.15) is 23.0 Å². The first kappa shape index (κ1) is 24.0. The molecule has 0 heterocycles. The molecule has 0 aliphatic carbocycles. The molecule has 4 aromatic carbocycles. The Morgan fingerprint density at radius 1 is 0.629 bits per heavy atom. The van der Waals surface area contributed by atoms with Gasteiger partial charge in [-0.15, -0.1) is 0 Å². The number of aromatic hydroxyl groups is 4. The van der Waals surface area contributed by atoms with Crippen LogP contribution in [0, 0.1) is 0 Å². The quantitative estimate of drug-likeness (QED) is 0.210. The van der Waals surface area contributed by atoms with Crippen molar-refractivity contribution in [3.05, 3.63) is 108 Å². The van der Waals surface area contributed by atoms with Crippen molar-refractivity contribution in [3.8, 4) is 45.3 Å². The maximum absolute atomic E-state index is 11.0. The predicted octanol–water partition coefficient (Wildman–Crippen LogP) is 7.72. The highest BCUT2D eigenvalue weighted by Gasteiger charge is 2.24. The summed E-state index contributed by atoms with van der Waals surface area (Å²) in [6.45, 7) is 4.14. The summed E-state index contributed by atoms with van der Waals surface area (Å²) in [7, 11) is 0. The van der Waals surface area contributed by atoms with Gasteiger partial charge in [-0.1, -0.05) is 61.4 Å². The molecule has 4 heteroatoms. The third-order valence-corrected chi connectivity index (χ3v) is 6.29. The summed E-state index contributed by atoms with van der Waals surface area (Å²) in [5.74, 6) is 0.322. The fraction of sp³-hybridized carbons (Fsp3) is 0.161. The number of allylic oxidation sites excluding steroid dienone is 2. The van der Waals surface area contributed by atoms with Gasteiger partial charge in [0.2, 0.25) is 0 Å². The predicted molar refractivity (Wildman–Crippen MR) is 141 cm³/mol. The van der Waals surface area contributed by atoms with E-state index in [1.807, 2.05) is 55.5 Å². The Morgan fingerprint density at radius 3 is 1.43 bits per heavy atom. The first-order chi connectivity index (χ1) is 16.9. The zero-order valence-corrected chi connectivity index (χ0v) is 19.9. The second-order valence-electron chi connectivity index (χ2n) is 8.81. The van der Waals surface area contributed by atoms with Crippen LogP contribution >= 0.6 is 0 Å². The van der Waals surface area contributed by atoms with Crippen molar-refractivity contribution in [2.45, 2.75) is 32.6 Å². The van der Waals surface area contributed by atoms with Crippen LogP contribution in [0.1, 0.15) is 43.7 Å². The minimum absolute atomic E-state index is 0.149. The second-order valence-corrected chi connectivity index (χ2v) is 8.81. The Morgan fingerprint density at radius 2 is 1.03 bits per heavy atom. The Labute approximate surface area is 206 Å². The van der Waals surface area contributed by atoms with Gasteiger partial charge in [-0.25, -0.2) is 0 Å². The molecule has 0 aliphatic heterocycles. The SMILES string of the molecule is CCC/C=C(\C)C(c1cc(-c2ccc(O)cc2)ccc1O)c1cc(-c2ccc(O)cc2)ccc1O. The monoisotopic (exact) mass is 466 g/mol. The molecule has 0 saturated heterocycles. The van der Waals surface area contributed by atoms with Crippen LogP contribution in [-0.2, 0) is 0 Å². The van der Waals surface area contributed by atoms with Crippen LogP contribution in [0.3, 0.4) is 0 Å². The number of phenols is 4. The van der Waals surface area contributed by atoms with E-state index in [1.165, 1.54) is 0 Å². The van der Waals surface area contributed by atoms with Crippen LogP contribution in [0.2, 0.25) is 0 Å². The third-order valence-electron chi connectivity index (χ3n) is 6.29. The number of unbranched alkanes of at least 4 members (excludes halogenated alkanes) is 1. The van der Waals surface area contributed by atoms with Crippen molar-refractivity contribution >= 4 is 0 Å². The third kappa shape index (κ3) is 5.33. The summed E-state index contributed by atoms with van der Waals surface area (Å²) < 4.78 is 0. The molecule has 4 N–H and O–H groups in total. The first-order valence-electron chi connectivity index (χ1n) is 11.8. The van der Waals surface area contributed by atoms with Crippen LogP contribution < -0.4 is 0 Å². The molecule has 0 atom stereocenters. The maximum Gasteiger partial charge on any atom is 0.119 e. The van der Waals surface area contributed by atoms with E-state index >= 15 is 0 Å². The van der Waals surface area contributed by atoms with Crippen molar-refractivity contribution in [1.82, 2.24) is 0 Å².